The molecule has 2 nitrogen and oxygen atoms in total. The second-order valence-corrected chi connectivity index (χ2v) is 5.42. The molecular weight excluding hydrogens is 208 g/mol. The number of aryl methyl sites for hydroxylation is 1. The van der Waals surface area contributed by atoms with Crippen LogP contribution in [-0.4, -0.2) is 25.0 Å². The summed E-state index contributed by atoms with van der Waals surface area (Å²) in [5.41, 5.74) is 8.50. The van der Waals surface area contributed by atoms with Crippen LogP contribution in [0.1, 0.15) is 25.0 Å². The quantitative estimate of drug-likeness (QED) is 0.820. The molecule has 0 fully saturated rings. The molecule has 0 aliphatic rings. The summed E-state index contributed by atoms with van der Waals surface area (Å²) in [6.45, 7) is 9.46. The van der Waals surface area contributed by atoms with E-state index in [2.05, 4.69) is 57.0 Å². The SMILES string of the molecule is Cc1ccc(CN(C)CC(CN)C(C)C)cc1. The van der Waals surface area contributed by atoms with Crippen LogP contribution in [0.2, 0.25) is 0 Å². The minimum atomic E-state index is 0.588. The molecule has 2 heteroatoms. The highest BCUT2D eigenvalue weighted by Crippen LogP contribution is 2.12. The van der Waals surface area contributed by atoms with Crippen LogP contribution in [0.4, 0.5) is 0 Å². The maximum atomic E-state index is 5.81. The average Bonchev–Trinajstić information content (AvgIpc) is 2.28. The number of hydrogen-bond donors (Lipinski definition) is 1. The van der Waals surface area contributed by atoms with Crippen LogP contribution < -0.4 is 5.73 Å². The third-order valence-corrected chi connectivity index (χ3v) is 3.36. The van der Waals surface area contributed by atoms with E-state index < -0.39 is 0 Å². The molecule has 1 atom stereocenters. The van der Waals surface area contributed by atoms with Crippen molar-refractivity contribution in [2.75, 3.05) is 20.1 Å². The maximum absolute atomic E-state index is 5.81. The van der Waals surface area contributed by atoms with Crippen LogP contribution in [-0.2, 0) is 6.54 Å². The van der Waals surface area contributed by atoms with Crippen LogP contribution in [0.3, 0.4) is 0 Å². The number of nitrogens with zero attached hydrogens (tertiary/aromatic N) is 1. The zero-order valence-electron chi connectivity index (χ0n) is 11.6. The monoisotopic (exact) mass is 234 g/mol. The molecule has 0 heterocycles. The first-order valence-electron chi connectivity index (χ1n) is 6.47. The standard InChI is InChI=1S/C15H26N2/c1-12(2)15(9-16)11-17(4)10-14-7-5-13(3)6-8-14/h5-8,12,15H,9-11,16H2,1-4H3. The Morgan fingerprint density at radius 1 is 1.18 bits per heavy atom. The first-order valence-corrected chi connectivity index (χ1v) is 6.47. The van der Waals surface area contributed by atoms with Gasteiger partial charge < -0.3 is 10.6 Å². The number of benzene rings is 1. The summed E-state index contributed by atoms with van der Waals surface area (Å²) in [6, 6.07) is 8.76. The van der Waals surface area contributed by atoms with Crippen LogP contribution in [0.5, 0.6) is 0 Å². The largest absolute Gasteiger partial charge is 0.330 e. The second kappa shape index (κ2) is 6.77. The lowest BCUT2D eigenvalue weighted by Crippen LogP contribution is -2.32. The van der Waals surface area contributed by atoms with Crippen LogP contribution in [0.25, 0.3) is 0 Å². The van der Waals surface area contributed by atoms with Gasteiger partial charge in [0.15, 0.2) is 0 Å². The third kappa shape index (κ3) is 4.88. The molecule has 0 radical (unpaired) electrons. The molecule has 1 unspecified atom stereocenters. The molecule has 0 saturated heterocycles. The van der Waals surface area contributed by atoms with Gasteiger partial charge >= 0.3 is 0 Å². The Labute approximate surface area is 106 Å². The predicted molar refractivity (Wildman–Crippen MR) is 74.9 cm³/mol. The lowest BCUT2D eigenvalue weighted by Gasteiger charge is -2.25. The van der Waals surface area contributed by atoms with E-state index in [0.29, 0.717) is 11.8 Å². The molecule has 0 aliphatic heterocycles. The van der Waals surface area contributed by atoms with E-state index in [-0.39, 0.29) is 0 Å². The molecule has 0 saturated carbocycles. The van der Waals surface area contributed by atoms with Gasteiger partial charge in [0.25, 0.3) is 0 Å². The molecule has 17 heavy (non-hydrogen) atoms. The predicted octanol–water partition coefficient (Wildman–Crippen LogP) is 2.66. The van der Waals surface area contributed by atoms with Gasteiger partial charge in [0.1, 0.15) is 0 Å². The first kappa shape index (κ1) is 14.2. The van der Waals surface area contributed by atoms with Crippen molar-refractivity contribution >= 4 is 0 Å². The molecule has 1 aromatic rings. The minimum absolute atomic E-state index is 0.588. The fraction of sp³-hybridized carbons (Fsp3) is 0.600. The normalized spacial score (nSPS) is 13.4. The molecule has 1 aromatic carbocycles. The summed E-state index contributed by atoms with van der Waals surface area (Å²) >= 11 is 0. The van der Waals surface area contributed by atoms with Crippen LogP contribution >= 0.6 is 0 Å². The van der Waals surface area contributed by atoms with Crippen molar-refractivity contribution in [3.63, 3.8) is 0 Å². The number of hydrogen-bond acceptors (Lipinski definition) is 2. The molecule has 96 valence electrons. The lowest BCUT2D eigenvalue weighted by atomic mass is 9.95. The first-order chi connectivity index (χ1) is 8.02. The molecule has 1 rings (SSSR count). The Bertz CT molecular complexity index is 316. The van der Waals surface area contributed by atoms with Gasteiger partial charge in [0.2, 0.25) is 0 Å². The van der Waals surface area contributed by atoms with Crippen molar-refractivity contribution in [1.29, 1.82) is 0 Å². The van der Waals surface area contributed by atoms with Gasteiger partial charge in [-0.2, -0.15) is 0 Å². The Morgan fingerprint density at radius 3 is 2.24 bits per heavy atom. The highest BCUT2D eigenvalue weighted by Gasteiger charge is 2.13. The fourth-order valence-corrected chi connectivity index (χ4v) is 2.03. The van der Waals surface area contributed by atoms with E-state index in [9.17, 15) is 0 Å². The van der Waals surface area contributed by atoms with Crippen molar-refractivity contribution in [2.45, 2.75) is 27.3 Å². The summed E-state index contributed by atoms with van der Waals surface area (Å²) in [5, 5.41) is 0. The molecule has 0 spiro atoms. The molecule has 0 amide bonds. The highest BCUT2D eigenvalue weighted by molar-refractivity contribution is 5.21. The number of rotatable bonds is 6. The van der Waals surface area contributed by atoms with Crippen molar-refractivity contribution < 1.29 is 0 Å². The molecule has 0 aromatic heterocycles. The average molecular weight is 234 g/mol. The number of nitrogens with two attached hydrogens (primary N) is 1. The van der Waals surface area contributed by atoms with E-state index >= 15 is 0 Å². The molecule has 2 N–H and O–H groups in total. The zero-order valence-corrected chi connectivity index (χ0v) is 11.6. The smallest absolute Gasteiger partial charge is 0.0230 e. The Hall–Kier alpha value is -0.860. The van der Waals surface area contributed by atoms with Crippen molar-refractivity contribution in [2.24, 2.45) is 17.6 Å². The lowest BCUT2D eigenvalue weighted by molar-refractivity contribution is 0.234. The van der Waals surface area contributed by atoms with Gasteiger partial charge in [-0.15, -0.1) is 0 Å². The van der Waals surface area contributed by atoms with Crippen molar-refractivity contribution in [3.05, 3.63) is 35.4 Å². The van der Waals surface area contributed by atoms with E-state index in [1.54, 1.807) is 0 Å². The summed E-state index contributed by atoms with van der Waals surface area (Å²) in [5.74, 6) is 1.24. The Kier molecular flexibility index (Phi) is 5.66. The Morgan fingerprint density at radius 2 is 1.76 bits per heavy atom. The van der Waals surface area contributed by atoms with Gasteiger partial charge in [0, 0.05) is 13.1 Å². The second-order valence-electron chi connectivity index (χ2n) is 5.42. The summed E-state index contributed by atoms with van der Waals surface area (Å²) in [4.78, 5) is 2.36. The summed E-state index contributed by atoms with van der Waals surface area (Å²) in [6.07, 6.45) is 0. The summed E-state index contributed by atoms with van der Waals surface area (Å²) < 4.78 is 0. The van der Waals surface area contributed by atoms with E-state index in [1.165, 1.54) is 11.1 Å². The van der Waals surface area contributed by atoms with Crippen molar-refractivity contribution in [3.8, 4) is 0 Å². The molecular formula is C15H26N2. The highest BCUT2D eigenvalue weighted by atomic mass is 15.1. The van der Waals surface area contributed by atoms with Gasteiger partial charge in [0.05, 0.1) is 0 Å². The van der Waals surface area contributed by atoms with Crippen molar-refractivity contribution in [1.82, 2.24) is 4.90 Å². The topological polar surface area (TPSA) is 29.3 Å². The fourth-order valence-electron chi connectivity index (χ4n) is 2.03. The summed E-state index contributed by atoms with van der Waals surface area (Å²) in [7, 11) is 2.17. The zero-order chi connectivity index (χ0) is 12.8. The maximum Gasteiger partial charge on any atom is 0.0230 e. The Balaban J connectivity index is 2.48. The van der Waals surface area contributed by atoms with Gasteiger partial charge in [-0.25, -0.2) is 0 Å². The van der Waals surface area contributed by atoms with E-state index in [0.717, 1.165) is 19.6 Å². The molecule has 0 bridgehead atoms. The minimum Gasteiger partial charge on any atom is -0.330 e. The van der Waals surface area contributed by atoms with E-state index in [4.69, 9.17) is 5.73 Å². The van der Waals surface area contributed by atoms with Crippen LogP contribution in [0, 0.1) is 18.8 Å². The van der Waals surface area contributed by atoms with Gasteiger partial charge in [-0.3, -0.25) is 0 Å². The van der Waals surface area contributed by atoms with E-state index in [1.807, 2.05) is 0 Å². The van der Waals surface area contributed by atoms with Gasteiger partial charge in [-0.05, 0) is 37.9 Å². The molecule has 0 aliphatic carbocycles. The van der Waals surface area contributed by atoms with Gasteiger partial charge in [-0.1, -0.05) is 43.7 Å². The third-order valence-electron chi connectivity index (χ3n) is 3.36. The van der Waals surface area contributed by atoms with Crippen LogP contribution in [0.15, 0.2) is 24.3 Å².